The lowest BCUT2D eigenvalue weighted by Crippen LogP contribution is -2.21. The minimum absolute atomic E-state index is 0.0656. The molecule has 0 aliphatic carbocycles. The molecule has 0 aliphatic heterocycles. The SMILES string of the molecule is Cc1ccccc1NC(=O)COC(=O)CCC(=O)c1ccc(F)cc1. The zero-order chi connectivity index (χ0) is 18.2. The minimum atomic E-state index is -0.643. The highest BCUT2D eigenvalue weighted by Crippen LogP contribution is 2.13. The van der Waals surface area contributed by atoms with Gasteiger partial charge in [-0.05, 0) is 42.8 Å². The van der Waals surface area contributed by atoms with Gasteiger partial charge in [-0.25, -0.2) is 4.39 Å². The second kappa shape index (κ2) is 8.73. The average molecular weight is 343 g/mol. The molecule has 2 aromatic rings. The first kappa shape index (κ1) is 18.3. The maximum atomic E-state index is 12.8. The number of amides is 1. The molecule has 0 saturated heterocycles. The molecule has 25 heavy (non-hydrogen) atoms. The third kappa shape index (κ3) is 5.84. The van der Waals surface area contributed by atoms with Crippen molar-refractivity contribution in [1.82, 2.24) is 0 Å². The average Bonchev–Trinajstić information content (AvgIpc) is 2.60. The van der Waals surface area contributed by atoms with Crippen LogP contribution in [0.5, 0.6) is 0 Å². The number of ether oxygens (including phenoxy) is 1. The van der Waals surface area contributed by atoms with Crippen molar-refractivity contribution >= 4 is 23.3 Å². The van der Waals surface area contributed by atoms with Crippen LogP contribution in [-0.2, 0) is 14.3 Å². The summed E-state index contributed by atoms with van der Waals surface area (Å²) in [5.74, 6) is -1.82. The fourth-order valence-corrected chi connectivity index (χ4v) is 2.11. The summed E-state index contributed by atoms with van der Waals surface area (Å²) in [6, 6.07) is 12.3. The van der Waals surface area contributed by atoms with Crippen molar-refractivity contribution in [3.05, 3.63) is 65.5 Å². The van der Waals surface area contributed by atoms with E-state index in [-0.39, 0.29) is 18.6 Å². The van der Waals surface area contributed by atoms with Crippen molar-refractivity contribution in [3.63, 3.8) is 0 Å². The van der Waals surface area contributed by atoms with Gasteiger partial charge >= 0.3 is 5.97 Å². The maximum absolute atomic E-state index is 12.8. The van der Waals surface area contributed by atoms with Gasteiger partial charge in [0.15, 0.2) is 12.4 Å². The van der Waals surface area contributed by atoms with E-state index in [1.807, 2.05) is 19.1 Å². The smallest absolute Gasteiger partial charge is 0.306 e. The van der Waals surface area contributed by atoms with Crippen LogP contribution in [0.25, 0.3) is 0 Å². The summed E-state index contributed by atoms with van der Waals surface area (Å²) in [4.78, 5) is 35.3. The van der Waals surface area contributed by atoms with Crippen LogP contribution in [0.3, 0.4) is 0 Å². The molecule has 0 heterocycles. The second-order valence-electron chi connectivity index (χ2n) is 5.45. The maximum Gasteiger partial charge on any atom is 0.306 e. The Balaban J connectivity index is 1.73. The van der Waals surface area contributed by atoms with Crippen molar-refractivity contribution in [2.75, 3.05) is 11.9 Å². The summed E-state index contributed by atoms with van der Waals surface area (Å²) in [6.07, 6.45) is -0.211. The summed E-state index contributed by atoms with van der Waals surface area (Å²) in [7, 11) is 0. The lowest BCUT2D eigenvalue weighted by atomic mass is 10.1. The van der Waals surface area contributed by atoms with Gasteiger partial charge in [0, 0.05) is 17.7 Å². The van der Waals surface area contributed by atoms with E-state index >= 15 is 0 Å². The number of halogens is 1. The van der Waals surface area contributed by atoms with Gasteiger partial charge < -0.3 is 10.1 Å². The molecule has 0 aliphatic rings. The molecule has 0 saturated carbocycles. The molecule has 6 heteroatoms. The Morgan fingerprint density at radius 3 is 2.36 bits per heavy atom. The Kier molecular flexibility index (Phi) is 6.39. The first-order chi connectivity index (χ1) is 12.0. The van der Waals surface area contributed by atoms with Gasteiger partial charge in [0.2, 0.25) is 0 Å². The van der Waals surface area contributed by atoms with Crippen LogP contribution in [0.2, 0.25) is 0 Å². The molecular formula is C19H18FNO4. The summed E-state index contributed by atoms with van der Waals surface area (Å²) in [5.41, 5.74) is 1.87. The molecule has 0 aromatic heterocycles. The van der Waals surface area contributed by atoms with E-state index in [0.29, 0.717) is 11.3 Å². The predicted octanol–water partition coefficient (Wildman–Crippen LogP) is 3.28. The number of anilines is 1. The molecular weight excluding hydrogens is 325 g/mol. The second-order valence-corrected chi connectivity index (χ2v) is 5.45. The number of esters is 1. The predicted molar refractivity (Wildman–Crippen MR) is 90.7 cm³/mol. The molecule has 0 spiro atoms. The molecule has 0 fully saturated rings. The van der Waals surface area contributed by atoms with Crippen LogP contribution in [0.1, 0.15) is 28.8 Å². The lowest BCUT2D eigenvalue weighted by Gasteiger charge is -2.08. The fraction of sp³-hybridized carbons (Fsp3) is 0.211. The zero-order valence-electron chi connectivity index (χ0n) is 13.8. The van der Waals surface area contributed by atoms with E-state index in [0.717, 1.165) is 5.56 Å². The van der Waals surface area contributed by atoms with Gasteiger partial charge in [-0.3, -0.25) is 14.4 Å². The number of hydrogen-bond donors (Lipinski definition) is 1. The van der Waals surface area contributed by atoms with E-state index in [1.54, 1.807) is 12.1 Å². The van der Waals surface area contributed by atoms with E-state index in [4.69, 9.17) is 4.74 Å². The summed E-state index contributed by atoms with van der Waals surface area (Å²) >= 11 is 0. The molecule has 2 rings (SSSR count). The minimum Gasteiger partial charge on any atom is -0.456 e. The molecule has 1 amide bonds. The lowest BCUT2D eigenvalue weighted by molar-refractivity contribution is -0.147. The molecule has 1 N–H and O–H groups in total. The Hall–Kier alpha value is -3.02. The first-order valence-corrected chi connectivity index (χ1v) is 7.75. The van der Waals surface area contributed by atoms with E-state index < -0.39 is 24.3 Å². The number of aryl methyl sites for hydroxylation is 1. The molecule has 0 bridgehead atoms. The highest BCUT2D eigenvalue weighted by molar-refractivity contribution is 5.98. The van der Waals surface area contributed by atoms with Gasteiger partial charge in [-0.2, -0.15) is 0 Å². The van der Waals surface area contributed by atoms with Gasteiger partial charge in [0.1, 0.15) is 5.82 Å². The van der Waals surface area contributed by atoms with E-state index in [1.165, 1.54) is 24.3 Å². The van der Waals surface area contributed by atoms with Crippen molar-refractivity contribution in [2.45, 2.75) is 19.8 Å². The van der Waals surface area contributed by atoms with Gasteiger partial charge in [0.05, 0.1) is 6.42 Å². The standard InChI is InChI=1S/C19H18FNO4/c1-13-4-2-3-5-16(13)21-18(23)12-25-19(24)11-10-17(22)14-6-8-15(20)9-7-14/h2-9H,10-12H2,1H3,(H,21,23). The number of rotatable bonds is 7. The summed E-state index contributed by atoms with van der Waals surface area (Å²) in [6.45, 7) is 1.43. The van der Waals surface area contributed by atoms with E-state index in [2.05, 4.69) is 5.32 Å². The molecule has 5 nitrogen and oxygen atoms in total. The topological polar surface area (TPSA) is 72.5 Å². The molecule has 0 unspecified atom stereocenters. The number of benzene rings is 2. The third-order valence-corrected chi connectivity index (χ3v) is 3.51. The van der Waals surface area contributed by atoms with Crippen molar-refractivity contribution in [2.24, 2.45) is 0 Å². The van der Waals surface area contributed by atoms with Crippen LogP contribution in [0.4, 0.5) is 10.1 Å². The molecule has 0 radical (unpaired) electrons. The number of hydrogen-bond acceptors (Lipinski definition) is 4. The number of ketones is 1. The Morgan fingerprint density at radius 2 is 1.68 bits per heavy atom. The van der Waals surface area contributed by atoms with Gasteiger partial charge in [0.25, 0.3) is 5.91 Å². The first-order valence-electron chi connectivity index (χ1n) is 7.75. The van der Waals surface area contributed by atoms with Gasteiger partial charge in [-0.15, -0.1) is 0 Å². The monoisotopic (exact) mass is 343 g/mol. The highest BCUT2D eigenvalue weighted by Gasteiger charge is 2.12. The third-order valence-electron chi connectivity index (χ3n) is 3.51. The largest absolute Gasteiger partial charge is 0.456 e. The Bertz CT molecular complexity index is 771. The molecule has 2 aromatic carbocycles. The van der Waals surface area contributed by atoms with Crippen LogP contribution < -0.4 is 5.32 Å². The van der Waals surface area contributed by atoms with Crippen molar-refractivity contribution in [3.8, 4) is 0 Å². The zero-order valence-corrected chi connectivity index (χ0v) is 13.8. The number of carbonyl (C=O) groups is 3. The summed E-state index contributed by atoms with van der Waals surface area (Å²) < 4.78 is 17.7. The number of para-hydroxylation sites is 1. The fourth-order valence-electron chi connectivity index (χ4n) is 2.11. The van der Waals surface area contributed by atoms with Crippen molar-refractivity contribution in [1.29, 1.82) is 0 Å². The number of nitrogens with one attached hydrogen (secondary N) is 1. The Morgan fingerprint density at radius 1 is 1.00 bits per heavy atom. The number of carbonyl (C=O) groups excluding carboxylic acids is 3. The Labute approximate surface area is 144 Å². The van der Waals surface area contributed by atoms with Crippen LogP contribution >= 0.6 is 0 Å². The molecule has 0 atom stereocenters. The normalized spacial score (nSPS) is 10.2. The molecule has 130 valence electrons. The highest BCUT2D eigenvalue weighted by atomic mass is 19.1. The van der Waals surface area contributed by atoms with Crippen LogP contribution in [-0.4, -0.2) is 24.3 Å². The number of Topliss-reactive ketones (excluding diaryl/α,β-unsaturated/α-hetero) is 1. The van der Waals surface area contributed by atoms with E-state index in [9.17, 15) is 18.8 Å². The van der Waals surface area contributed by atoms with Crippen molar-refractivity contribution < 1.29 is 23.5 Å². The van der Waals surface area contributed by atoms with Crippen LogP contribution in [0, 0.1) is 12.7 Å². The quantitative estimate of drug-likeness (QED) is 0.618. The van der Waals surface area contributed by atoms with Gasteiger partial charge in [-0.1, -0.05) is 18.2 Å². The summed E-state index contributed by atoms with van der Waals surface area (Å²) in [5, 5.41) is 2.64. The van der Waals surface area contributed by atoms with Crippen LogP contribution in [0.15, 0.2) is 48.5 Å².